The molecule has 1 amide bonds. The highest BCUT2D eigenvalue weighted by molar-refractivity contribution is 5.76. The molecule has 0 aliphatic rings. The van der Waals surface area contributed by atoms with Crippen LogP contribution in [0.5, 0.6) is 0 Å². The number of carbonyl (C=O) groups excluding carboxylic acids is 2. The lowest BCUT2D eigenvalue weighted by atomic mass is 10.0. The summed E-state index contributed by atoms with van der Waals surface area (Å²) >= 11 is 0. The molecule has 3 N–H and O–H groups in total. The van der Waals surface area contributed by atoms with Crippen LogP contribution >= 0.6 is 0 Å². The minimum Gasteiger partial charge on any atom is -0.466 e. The first-order valence-electron chi connectivity index (χ1n) is 27.1. The number of carbonyl (C=O) groups is 2. The molecule has 0 fully saturated rings. The summed E-state index contributed by atoms with van der Waals surface area (Å²) < 4.78 is 5.43. The Morgan fingerprint density at radius 3 is 1.21 bits per heavy atom. The summed E-state index contributed by atoms with van der Waals surface area (Å²) in [5.74, 6) is -0.0767. The summed E-state index contributed by atoms with van der Waals surface area (Å²) in [6.45, 7) is 4.90. The zero-order valence-electron chi connectivity index (χ0n) is 40.9. The van der Waals surface area contributed by atoms with E-state index in [1.54, 1.807) is 0 Å². The maximum atomic E-state index is 12.5. The molecular formula is C55H105NO5. The Labute approximate surface area is 380 Å². The maximum Gasteiger partial charge on any atom is 0.305 e. The van der Waals surface area contributed by atoms with E-state index < -0.39 is 12.1 Å². The van der Waals surface area contributed by atoms with Crippen LogP contribution in [0.2, 0.25) is 0 Å². The molecule has 0 aliphatic carbocycles. The van der Waals surface area contributed by atoms with Gasteiger partial charge in [0.05, 0.1) is 25.4 Å². The zero-order valence-corrected chi connectivity index (χ0v) is 40.9. The second kappa shape index (κ2) is 51.0. The molecule has 0 aromatic heterocycles. The summed E-state index contributed by atoms with van der Waals surface area (Å²) in [6, 6.07) is -0.557. The minimum absolute atomic E-state index is 0.0208. The maximum absolute atomic E-state index is 12.5. The molecule has 2 unspecified atom stereocenters. The van der Waals surface area contributed by atoms with E-state index in [2.05, 4.69) is 43.5 Å². The van der Waals surface area contributed by atoms with Crippen molar-refractivity contribution >= 4 is 11.9 Å². The van der Waals surface area contributed by atoms with Gasteiger partial charge < -0.3 is 20.3 Å². The van der Waals surface area contributed by atoms with Crippen molar-refractivity contribution < 1.29 is 24.5 Å². The third-order valence-electron chi connectivity index (χ3n) is 12.5. The molecule has 0 radical (unpaired) electrons. The highest BCUT2D eigenvalue weighted by Crippen LogP contribution is 2.17. The van der Waals surface area contributed by atoms with Gasteiger partial charge in [-0.05, 0) is 57.8 Å². The van der Waals surface area contributed by atoms with Crippen molar-refractivity contribution in [1.82, 2.24) is 5.32 Å². The van der Waals surface area contributed by atoms with Crippen LogP contribution in [0.25, 0.3) is 0 Å². The predicted molar refractivity (Wildman–Crippen MR) is 264 cm³/mol. The van der Waals surface area contributed by atoms with Gasteiger partial charge in [0.15, 0.2) is 0 Å². The van der Waals surface area contributed by atoms with E-state index in [9.17, 15) is 19.8 Å². The predicted octanol–water partition coefficient (Wildman–Crippen LogP) is 16.3. The summed E-state index contributed by atoms with van der Waals surface area (Å²) in [4.78, 5) is 24.4. The first-order valence-corrected chi connectivity index (χ1v) is 27.1. The summed E-state index contributed by atoms with van der Waals surface area (Å²) in [5.41, 5.74) is 0. The largest absolute Gasteiger partial charge is 0.466 e. The number of nitrogens with one attached hydrogen (secondary N) is 1. The van der Waals surface area contributed by atoms with Crippen molar-refractivity contribution in [3.63, 3.8) is 0 Å². The van der Waals surface area contributed by atoms with Gasteiger partial charge >= 0.3 is 5.97 Å². The molecule has 0 aromatic carbocycles. The Morgan fingerprint density at radius 1 is 0.459 bits per heavy atom. The molecule has 0 bridgehead atoms. The van der Waals surface area contributed by atoms with Crippen LogP contribution in [0.15, 0.2) is 24.3 Å². The number of aliphatic hydroxyl groups is 2. The van der Waals surface area contributed by atoms with Crippen molar-refractivity contribution in [2.45, 2.75) is 302 Å². The standard InChI is InChI=1S/C55H105NO5/c1-3-5-7-9-11-13-15-17-18-19-21-24-27-31-35-39-43-47-53(58)52(51-57)56-54(59)48-44-40-36-32-28-25-22-20-23-26-30-34-38-42-46-50-61-55(60)49-45-41-37-33-29-16-14-12-10-8-6-4-2/h20,23,26,30,52-53,57-58H,3-19,21-22,24-25,27-29,31-51H2,1-2H3,(H,56,59)/b23-20-,30-26-. The fourth-order valence-corrected chi connectivity index (χ4v) is 8.34. The summed E-state index contributed by atoms with van der Waals surface area (Å²) in [5, 5.41) is 23.2. The molecule has 0 saturated carbocycles. The Bertz CT molecular complexity index is 951. The van der Waals surface area contributed by atoms with Crippen LogP contribution in [0, 0.1) is 0 Å². The molecule has 0 saturated heterocycles. The Hall–Kier alpha value is -1.66. The molecule has 0 rings (SSSR count). The smallest absolute Gasteiger partial charge is 0.305 e. The number of rotatable bonds is 50. The summed E-state index contributed by atoms with van der Waals surface area (Å²) in [7, 11) is 0. The Balaban J connectivity index is 3.52. The first kappa shape index (κ1) is 59.3. The van der Waals surface area contributed by atoms with Crippen LogP contribution in [-0.2, 0) is 14.3 Å². The fraction of sp³-hybridized carbons (Fsp3) is 0.891. The van der Waals surface area contributed by atoms with E-state index in [0.717, 1.165) is 77.0 Å². The number of esters is 1. The first-order chi connectivity index (χ1) is 30.0. The SMILES string of the molecule is CCCCCCCCCCCCCCCCCCCC(O)C(CO)NC(=O)CCCCCCCC/C=C\C=C/CCCCCOC(=O)CCCCCCCCCCCCCC. The van der Waals surface area contributed by atoms with E-state index in [1.165, 1.54) is 180 Å². The van der Waals surface area contributed by atoms with E-state index >= 15 is 0 Å². The normalized spacial score (nSPS) is 12.8. The lowest BCUT2D eigenvalue weighted by Gasteiger charge is -2.22. The molecule has 0 aromatic rings. The van der Waals surface area contributed by atoms with Crippen molar-refractivity contribution in [1.29, 1.82) is 0 Å². The fourth-order valence-electron chi connectivity index (χ4n) is 8.34. The molecule has 0 spiro atoms. The van der Waals surface area contributed by atoms with Gasteiger partial charge in [0.2, 0.25) is 5.91 Å². The van der Waals surface area contributed by atoms with Crippen LogP contribution in [0.3, 0.4) is 0 Å². The third kappa shape index (κ3) is 47.7. The van der Waals surface area contributed by atoms with Gasteiger partial charge in [0.25, 0.3) is 0 Å². The van der Waals surface area contributed by atoms with Gasteiger partial charge in [0.1, 0.15) is 0 Å². The highest BCUT2D eigenvalue weighted by Gasteiger charge is 2.20. The lowest BCUT2D eigenvalue weighted by molar-refractivity contribution is -0.143. The second-order valence-corrected chi connectivity index (χ2v) is 18.6. The van der Waals surface area contributed by atoms with E-state index in [4.69, 9.17) is 4.74 Å². The Morgan fingerprint density at radius 2 is 0.803 bits per heavy atom. The molecule has 2 atom stereocenters. The van der Waals surface area contributed by atoms with E-state index in [1.807, 2.05) is 0 Å². The zero-order chi connectivity index (χ0) is 44.4. The summed E-state index contributed by atoms with van der Waals surface area (Å²) in [6.07, 6.45) is 60.1. The number of aliphatic hydroxyl groups excluding tert-OH is 2. The van der Waals surface area contributed by atoms with Gasteiger partial charge in [-0.2, -0.15) is 0 Å². The van der Waals surface area contributed by atoms with Crippen LogP contribution < -0.4 is 5.32 Å². The molecule has 360 valence electrons. The van der Waals surface area contributed by atoms with Crippen LogP contribution in [0.1, 0.15) is 290 Å². The van der Waals surface area contributed by atoms with Crippen molar-refractivity contribution in [3.05, 3.63) is 24.3 Å². The molecule has 0 aliphatic heterocycles. The lowest BCUT2D eigenvalue weighted by Crippen LogP contribution is -2.45. The molecule has 6 nitrogen and oxygen atoms in total. The van der Waals surface area contributed by atoms with Gasteiger partial charge in [-0.1, -0.05) is 244 Å². The third-order valence-corrected chi connectivity index (χ3v) is 12.5. The van der Waals surface area contributed by atoms with Gasteiger partial charge in [-0.15, -0.1) is 0 Å². The van der Waals surface area contributed by atoms with Crippen molar-refractivity contribution in [3.8, 4) is 0 Å². The van der Waals surface area contributed by atoms with Crippen molar-refractivity contribution in [2.24, 2.45) is 0 Å². The highest BCUT2D eigenvalue weighted by atomic mass is 16.5. The number of hydrogen-bond donors (Lipinski definition) is 3. The number of allylic oxidation sites excluding steroid dienone is 4. The van der Waals surface area contributed by atoms with Gasteiger partial charge in [-0.3, -0.25) is 9.59 Å². The molecule has 6 heteroatoms. The molecule has 61 heavy (non-hydrogen) atoms. The van der Waals surface area contributed by atoms with Crippen LogP contribution in [-0.4, -0.2) is 47.4 Å². The average molecular weight is 860 g/mol. The van der Waals surface area contributed by atoms with Gasteiger partial charge in [-0.25, -0.2) is 0 Å². The Kier molecular flexibility index (Phi) is 49.6. The molecule has 0 heterocycles. The van der Waals surface area contributed by atoms with Crippen molar-refractivity contribution in [2.75, 3.05) is 13.2 Å². The van der Waals surface area contributed by atoms with E-state index in [-0.39, 0.29) is 18.5 Å². The topological polar surface area (TPSA) is 95.9 Å². The van der Waals surface area contributed by atoms with E-state index in [0.29, 0.717) is 25.9 Å². The van der Waals surface area contributed by atoms with Crippen LogP contribution in [0.4, 0.5) is 0 Å². The monoisotopic (exact) mass is 860 g/mol. The minimum atomic E-state index is -0.678. The second-order valence-electron chi connectivity index (χ2n) is 18.6. The number of ether oxygens (including phenoxy) is 1. The number of amides is 1. The average Bonchev–Trinajstić information content (AvgIpc) is 3.26. The number of hydrogen-bond acceptors (Lipinski definition) is 5. The van der Waals surface area contributed by atoms with Gasteiger partial charge in [0, 0.05) is 12.8 Å². The number of unbranched alkanes of at least 4 members (excludes halogenated alkanes) is 36. The quantitative estimate of drug-likeness (QED) is 0.0322. The molecular weight excluding hydrogens is 755 g/mol.